The van der Waals surface area contributed by atoms with Gasteiger partial charge in [-0.15, -0.1) is 10.2 Å². The van der Waals surface area contributed by atoms with Crippen molar-refractivity contribution >= 4 is 23.6 Å². The van der Waals surface area contributed by atoms with E-state index in [-0.39, 0.29) is 11.8 Å². The molecule has 2 aromatic carbocycles. The average molecular weight is 408 g/mol. The number of carbonyl (C=O) groups is 1. The van der Waals surface area contributed by atoms with Crippen LogP contribution in [0.25, 0.3) is 0 Å². The first-order valence-electron chi connectivity index (χ1n) is 9.92. The van der Waals surface area contributed by atoms with E-state index in [0.29, 0.717) is 24.3 Å². The summed E-state index contributed by atoms with van der Waals surface area (Å²) in [7, 11) is 0. The molecule has 1 saturated carbocycles. The van der Waals surface area contributed by atoms with Gasteiger partial charge in [-0.05, 0) is 30.4 Å². The molecule has 0 atom stereocenters. The van der Waals surface area contributed by atoms with Crippen LogP contribution in [0.3, 0.4) is 0 Å². The quantitative estimate of drug-likeness (QED) is 0.529. The highest BCUT2D eigenvalue weighted by molar-refractivity contribution is 7.99. The summed E-state index contributed by atoms with van der Waals surface area (Å²) in [6.07, 6.45) is 3.04. The zero-order chi connectivity index (χ0) is 20.1. The lowest BCUT2D eigenvalue weighted by Gasteiger charge is -2.18. The average Bonchev–Trinajstić information content (AvgIpc) is 3.53. The number of carbonyl (C=O) groups excluding carboxylic acids is 1. The van der Waals surface area contributed by atoms with E-state index in [4.69, 9.17) is 5.73 Å². The molecule has 0 aliphatic heterocycles. The van der Waals surface area contributed by atoms with Gasteiger partial charge < -0.3 is 11.1 Å². The lowest BCUT2D eigenvalue weighted by Crippen LogP contribution is -2.27. The molecule has 29 heavy (non-hydrogen) atoms. The van der Waals surface area contributed by atoms with E-state index < -0.39 is 0 Å². The van der Waals surface area contributed by atoms with Gasteiger partial charge in [-0.2, -0.15) is 0 Å². The van der Waals surface area contributed by atoms with Crippen LogP contribution in [0.1, 0.15) is 42.3 Å². The van der Waals surface area contributed by atoms with Crippen molar-refractivity contribution in [2.75, 3.05) is 18.0 Å². The van der Waals surface area contributed by atoms with Crippen LogP contribution in [0.5, 0.6) is 0 Å². The number of aromatic nitrogens is 3. The van der Waals surface area contributed by atoms with Gasteiger partial charge in [0.1, 0.15) is 0 Å². The third-order valence-corrected chi connectivity index (χ3v) is 6.04. The Morgan fingerprint density at radius 3 is 2.28 bits per heavy atom. The van der Waals surface area contributed by atoms with Crippen molar-refractivity contribution in [3.8, 4) is 0 Å². The van der Waals surface area contributed by atoms with Crippen LogP contribution in [-0.4, -0.2) is 33.0 Å². The Labute approximate surface area is 174 Å². The van der Waals surface area contributed by atoms with Gasteiger partial charge in [0.05, 0.1) is 5.75 Å². The molecule has 1 aliphatic rings. The minimum absolute atomic E-state index is 0.00112. The fraction of sp³-hybridized carbons (Fsp3) is 0.318. The van der Waals surface area contributed by atoms with E-state index in [2.05, 4.69) is 64.0 Å². The lowest BCUT2D eigenvalue weighted by atomic mass is 9.88. The summed E-state index contributed by atoms with van der Waals surface area (Å²) in [5.74, 6) is 0.998. The molecule has 1 aliphatic carbocycles. The minimum atomic E-state index is -0.00112. The molecule has 0 saturated heterocycles. The number of nitrogens with zero attached hydrogens (tertiary/aromatic N) is 3. The van der Waals surface area contributed by atoms with E-state index >= 15 is 0 Å². The normalized spacial score (nSPS) is 13.6. The molecule has 4 rings (SSSR count). The molecule has 3 aromatic rings. The Balaban J connectivity index is 1.31. The lowest BCUT2D eigenvalue weighted by molar-refractivity contribution is -0.118. The van der Waals surface area contributed by atoms with Gasteiger partial charge in [0.2, 0.25) is 11.9 Å². The molecule has 1 amide bonds. The first-order chi connectivity index (χ1) is 14.2. The Morgan fingerprint density at radius 2 is 1.69 bits per heavy atom. The number of benzene rings is 2. The maximum absolute atomic E-state index is 12.4. The number of anilines is 1. The maximum Gasteiger partial charge on any atom is 0.230 e. The van der Waals surface area contributed by atoms with Crippen LogP contribution in [0, 0.1) is 0 Å². The van der Waals surface area contributed by atoms with Gasteiger partial charge >= 0.3 is 0 Å². The summed E-state index contributed by atoms with van der Waals surface area (Å²) in [4.78, 5) is 12.4. The second-order valence-electron chi connectivity index (χ2n) is 7.24. The second kappa shape index (κ2) is 9.13. The predicted octanol–water partition coefficient (Wildman–Crippen LogP) is 3.63. The molecule has 0 spiro atoms. The Kier molecular flexibility index (Phi) is 6.14. The summed E-state index contributed by atoms with van der Waals surface area (Å²) in [6, 6.07) is 21.3. The van der Waals surface area contributed by atoms with Crippen molar-refractivity contribution in [1.29, 1.82) is 0 Å². The van der Waals surface area contributed by atoms with Gasteiger partial charge in [-0.3, -0.25) is 9.36 Å². The second-order valence-corrected chi connectivity index (χ2v) is 8.19. The SMILES string of the molecule is Nc1nnc(SCC(=O)NCCC(c2ccccc2)c2ccccc2)n1C1CC1. The Bertz CT molecular complexity index is 901. The van der Waals surface area contributed by atoms with Gasteiger partial charge in [0.15, 0.2) is 5.16 Å². The topological polar surface area (TPSA) is 85.8 Å². The standard InChI is InChI=1S/C22H25N5OS/c23-21-25-26-22(27(21)18-11-12-18)29-15-20(28)24-14-13-19(16-7-3-1-4-8-16)17-9-5-2-6-10-17/h1-10,18-19H,11-15H2,(H2,23,25)(H,24,28). The largest absolute Gasteiger partial charge is 0.368 e. The van der Waals surface area contributed by atoms with Crippen molar-refractivity contribution in [3.63, 3.8) is 0 Å². The Morgan fingerprint density at radius 1 is 1.07 bits per heavy atom. The smallest absolute Gasteiger partial charge is 0.230 e. The van der Waals surface area contributed by atoms with Crippen molar-refractivity contribution in [3.05, 3.63) is 71.8 Å². The van der Waals surface area contributed by atoms with Crippen molar-refractivity contribution in [2.24, 2.45) is 0 Å². The molecule has 1 fully saturated rings. The summed E-state index contributed by atoms with van der Waals surface area (Å²) in [5, 5.41) is 11.8. The predicted molar refractivity (Wildman–Crippen MR) is 116 cm³/mol. The number of hydrogen-bond acceptors (Lipinski definition) is 5. The minimum Gasteiger partial charge on any atom is -0.368 e. The third-order valence-electron chi connectivity index (χ3n) is 5.09. The molecule has 1 heterocycles. The third kappa shape index (κ3) is 4.98. The fourth-order valence-corrected chi connectivity index (χ4v) is 4.34. The van der Waals surface area contributed by atoms with E-state index in [0.717, 1.165) is 24.4 Å². The van der Waals surface area contributed by atoms with Crippen molar-refractivity contribution in [1.82, 2.24) is 20.1 Å². The van der Waals surface area contributed by atoms with E-state index in [9.17, 15) is 4.79 Å². The van der Waals surface area contributed by atoms with Gasteiger partial charge in [-0.25, -0.2) is 0 Å². The highest BCUT2D eigenvalue weighted by Crippen LogP contribution is 2.39. The highest BCUT2D eigenvalue weighted by atomic mass is 32.2. The van der Waals surface area contributed by atoms with E-state index in [1.807, 2.05) is 16.7 Å². The van der Waals surface area contributed by atoms with Crippen LogP contribution in [0.15, 0.2) is 65.8 Å². The summed E-state index contributed by atoms with van der Waals surface area (Å²) in [5.41, 5.74) is 8.41. The highest BCUT2D eigenvalue weighted by Gasteiger charge is 2.29. The number of thioether (sulfide) groups is 1. The first kappa shape index (κ1) is 19.5. The van der Waals surface area contributed by atoms with Crippen LogP contribution >= 0.6 is 11.8 Å². The van der Waals surface area contributed by atoms with E-state index in [1.54, 1.807) is 0 Å². The zero-order valence-corrected chi connectivity index (χ0v) is 17.0. The molecule has 7 heteroatoms. The monoisotopic (exact) mass is 407 g/mol. The molecule has 3 N–H and O–H groups in total. The van der Waals surface area contributed by atoms with E-state index in [1.165, 1.54) is 22.9 Å². The molecule has 150 valence electrons. The molecule has 0 bridgehead atoms. The Hall–Kier alpha value is -2.80. The first-order valence-corrected chi connectivity index (χ1v) is 10.9. The molecular formula is C22H25N5OS. The van der Waals surface area contributed by atoms with Gasteiger partial charge in [-0.1, -0.05) is 72.4 Å². The summed E-state index contributed by atoms with van der Waals surface area (Å²) >= 11 is 1.39. The number of nitrogen functional groups attached to an aromatic ring is 1. The number of nitrogens with two attached hydrogens (primary N) is 1. The van der Waals surface area contributed by atoms with Crippen molar-refractivity contribution in [2.45, 2.75) is 36.4 Å². The van der Waals surface area contributed by atoms with Gasteiger partial charge in [0.25, 0.3) is 0 Å². The fourth-order valence-electron chi connectivity index (χ4n) is 3.50. The summed E-state index contributed by atoms with van der Waals surface area (Å²) in [6.45, 7) is 0.616. The number of amides is 1. The van der Waals surface area contributed by atoms with Gasteiger partial charge in [0, 0.05) is 18.5 Å². The van der Waals surface area contributed by atoms with Crippen LogP contribution < -0.4 is 11.1 Å². The van der Waals surface area contributed by atoms with Crippen LogP contribution in [-0.2, 0) is 4.79 Å². The molecule has 6 nitrogen and oxygen atoms in total. The number of nitrogens with one attached hydrogen (secondary N) is 1. The molecule has 1 aromatic heterocycles. The van der Waals surface area contributed by atoms with Crippen LogP contribution in [0.4, 0.5) is 5.95 Å². The number of hydrogen-bond donors (Lipinski definition) is 2. The van der Waals surface area contributed by atoms with Crippen LogP contribution in [0.2, 0.25) is 0 Å². The zero-order valence-electron chi connectivity index (χ0n) is 16.2. The van der Waals surface area contributed by atoms with Crippen molar-refractivity contribution < 1.29 is 4.79 Å². The number of rotatable bonds is 9. The summed E-state index contributed by atoms with van der Waals surface area (Å²) < 4.78 is 1.94. The molecular weight excluding hydrogens is 382 g/mol. The molecule has 0 radical (unpaired) electrons. The maximum atomic E-state index is 12.4. The molecule has 0 unspecified atom stereocenters.